The molecule has 34 heavy (non-hydrogen) atoms. The molecule has 2 aromatic carbocycles. The van der Waals surface area contributed by atoms with Crippen LogP contribution in [0.25, 0.3) is 10.9 Å². The van der Waals surface area contributed by atoms with E-state index in [9.17, 15) is 9.18 Å². The van der Waals surface area contributed by atoms with Gasteiger partial charge in [-0.3, -0.25) is 9.69 Å². The lowest BCUT2D eigenvalue weighted by atomic mass is 10.1. The molecule has 1 N–H and O–H groups in total. The molecule has 0 atom stereocenters. The molecule has 1 fully saturated rings. The fraction of sp³-hybridized carbons (Fsp3) is 0.375. The maximum Gasteiger partial charge on any atom is 0.320 e. The van der Waals surface area contributed by atoms with Crippen molar-refractivity contribution in [1.82, 2.24) is 14.9 Å². The highest BCUT2D eigenvalue weighted by atomic mass is 35.5. The van der Waals surface area contributed by atoms with Gasteiger partial charge < -0.3 is 19.5 Å². The van der Waals surface area contributed by atoms with Gasteiger partial charge in [0, 0.05) is 30.2 Å². The number of fused-ring (bicyclic) bond motifs is 1. The first-order valence-electron chi connectivity index (χ1n) is 10.9. The number of cyclic esters (lactones) is 1. The van der Waals surface area contributed by atoms with Crippen LogP contribution in [0.2, 0.25) is 5.02 Å². The average molecular weight is 489 g/mol. The zero-order valence-corrected chi connectivity index (χ0v) is 20.0. The van der Waals surface area contributed by atoms with Gasteiger partial charge in [-0.25, -0.2) is 14.4 Å². The topological polar surface area (TPSA) is 85.8 Å². The number of nitrogens with zero attached hydrogens (tertiary/aromatic N) is 3. The zero-order valence-electron chi connectivity index (χ0n) is 19.2. The van der Waals surface area contributed by atoms with E-state index in [1.807, 2.05) is 13.8 Å². The van der Waals surface area contributed by atoms with Crippen molar-refractivity contribution < 1.29 is 23.4 Å². The molecule has 0 spiro atoms. The van der Waals surface area contributed by atoms with E-state index in [-0.39, 0.29) is 17.5 Å². The van der Waals surface area contributed by atoms with E-state index in [1.54, 1.807) is 25.3 Å². The van der Waals surface area contributed by atoms with Crippen LogP contribution < -0.4 is 14.8 Å². The van der Waals surface area contributed by atoms with E-state index < -0.39 is 11.4 Å². The van der Waals surface area contributed by atoms with Gasteiger partial charge in [0.05, 0.1) is 30.8 Å². The summed E-state index contributed by atoms with van der Waals surface area (Å²) in [5, 5.41) is 3.87. The summed E-state index contributed by atoms with van der Waals surface area (Å²) in [7, 11) is 1.56. The number of benzene rings is 2. The molecule has 0 unspecified atom stereocenters. The van der Waals surface area contributed by atoms with Crippen LogP contribution in [0.4, 0.5) is 15.9 Å². The Kier molecular flexibility index (Phi) is 7.04. The van der Waals surface area contributed by atoms with Crippen LogP contribution in [0.1, 0.15) is 20.3 Å². The molecule has 1 saturated heterocycles. The maximum atomic E-state index is 13.5. The van der Waals surface area contributed by atoms with E-state index >= 15 is 0 Å². The Morgan fingerprint density at radius 1 is 1.24 bits per heavy atom. The van der Waals surface area contributed by atoms with Crippen LogP contribution in [-0.2, 0) is 9.53 Å². The largest absolute Gasteiger partial charge is 0.493 e. The van der Waals surface area contributed by atoms with Gasteiger partial charge in [-0.05, 0) is 44.5 Å². The molecule has 0 bridgehead atoms. The third-order valence-corrected chi connectivity index (χ3v) is 5.62. The Morgan fingerprint density at radius 2 is 2.06 bits per heavy atom. The predicted molar refractivity (Wildman–Crippen MR) is 128 cm³/mol. The Balaban J connectivity index is 1.45. The molecule has 1 aromatic heterocycles. The number of morpholine rings is 1. The van der Waals surface area contributed by atoms with Crippen molar-refractivity contribution >= 4 is 40.0 Å². The van der Waals surface area contributed by atoms with Crippen LogP contribution >= 0.6 is 11.6 Å². The molecule has 10 heteroatoms. The number of rotatable bonds is 8. The van der Waals surface area contributed by atoms with Gasteiger partial charge >= 0.3 is 5.97 Å². The highest BCUT2D eigenvalue weighted by molar-refractivity contribution is 6.31. The smallest absolute Gasteiger partial charge is 0.320 e. The maximum absolute atomic E-state index is 13.5. The van der Waals surface area contributed by atoms with Gasteiger partial charge in [-0.1, -0.05) is 11.6 Å². The molecule has 1 aliphatic rings. The first kappa shape index (κ1) is 24.0. The molecule has 0 radical (unpaired) electrons. The lowest BCUT2D eigenvalue weighted by molar-refractivity contribution is -0.169. The quantitative estimate of drug-likeness (QED) is 0.364. The van der Waals surface area contributed by atoms with E-state index in [4.69, 9.17) is 25.8 Å². The standard InChI is InChI=1S/C24H26ClFN4O4/c1-24(2)13-30(12-22(31)34-24)7-4-8-33-21-11-19-16(10-20(21)32-3)23(28-14-27-19)29-15-5-6-18(26)17(25)9-15/h5-6,9-11,14H,4,7-8,12-13H2,1-3H3,(H,27,28,29). The second-order valence-electron chi connectivity index (χ2n) is 8.64. The number of halogens is 2. The number of hydrogen-bond donors (Lipinski definition) is 1. The minimum absolute atomic E-state index is 0.0154. The summed E-state index contributed by atoms with van der Waals surface area (Å²) in [6, 6.07) is 7.94. The number of nitrogens with one attached hydrogen (secondary N) is 1. The van der Waals surface area contributed by atoms with Gasteiger partial charge in [0.15, 0.2) is 11.5 Å². The molecule has 2 heterocycles. The molecule has 8 nitrogen and oxygen atoms in total. The van der Waals surface area contributed by atoms with Crippen LogP contribution in [0.15, 0.2) is 36.7 Å². The Labute approximate surface area is 202 Å². The number of hydrogen-bond acceptors (Lipinski definition) is 8. The third-order valence-electron chi connectivity index (χ3n) is 5.33. The fourth-order valence-electron chi connectivity index (χ4n) is 3.92. The molecule has 180 valence electrons. The lowest BCUT2D eigenvalue weighted by Gasteiger charge is -2.37. The first-order valence-corrected chi connectivity index (χ1v) is 11.2. The number of anilines is 2. The van der Waals surface area contributed by atoms with Crippen LogP contribution in [-0.4, -0.2) is 59.8 Å². The summed E-state index contributed by atoms with van der Waals surface area (Å²) in [6.45, 7) is 5.94. The summed E-state index contributed by atoms with van der Waals surface area (Å²) in [4.78, 5) is 22.5. The van der Waals surface area contributed by atoms with Crippen LogP contribution in [0.5, 0.6) is 11.5 Å². The van der Waals surface area contributed by atoms with Crippen molar-refractivity contribution in [3.63, 3.8) is 0 Å². The van der Waals surface area contributed by atoms with E-state index in [0.717, 1.165) is 6.42 Å². The molecule has 0 saturated carbocycles. The van der Waals surface area contributed by atoms with Gasteiger partial charge in [-0.2, -0.15) is 0 Å². The number of carbonyl (C=O) groups excluding carboxylic acids is 1. The van der Waals surface area contributed by atoms with Crippen LogP contribution in [0, 0.1) is 5.82 Å². The predicted octanol–water partition coefficient (Wildman–Crippen LogP) is 4.58. The molecular weight excluding hydrogens is 463 g/mol. The lowest BCUT2D eigenvalue weighted by Crippen LogP contribution is -2.51. The number of aromatic nitrogens is 2. The SMILES string of the molecule is COc1cc2c(Nc3ccc(F)c(Cl)c3)ncnc2cc1OCCCN1CC(=O)OC(C)(C)C1. The highest BCUT2D eigenvalue weighted by Gasteiger charge is 2.32. The second kappa shape index (κ2) is 9.99. The highest BCUT2D eigenvalue weighted by Crippen LogP contribution is 2.35. The summed E-state index contributed by atoms with van der Waals surface area (Å²) in [5.74, 6) is 0.915. The van der Waals surface area contributed by atoms with Gasteiger partial charge in [0.25, 0.3) is 0 Å². The fourth-order valence-corrected chi connectivity index (χ4v) is 4.11. The minimum atomic E-state index is -0.493. The Hall–Kier alpha value is -3.17. The number of methoxy groups -OCH3 is 1. The summed E-state index contributed by atoms with van der Waals surface area (Å²) in [5.41, 5.74) is 0.764. The average Bonchev–Trinajstić information content (AvgIpc) is 2.77. The summed E-state index contributed by atoms with van der Waals surface area (Å²) >= 11 is 5.89. The number of carbonyl (C=O) groups is 1. The Morgan fingerprint density at radius 3 is 2.79 bits per heavy atom. The summed E-state index contributed by atoms with van der Waals surface area (Å²) in [6.07, 6.45) is 2.16. The van der Waals surface area contributed by atoms with Crippen LogP contribution in [0.3, 0.4) is 0 Å². The van der Waals surface area contributed by atoms with Crippen molar-refractivity contribution in [2.24, 2.45) is 0 Å². The molecule has 1 aliphatic heterocycles. The minimum Gasteiger partial charge on any atom is -0.493 e. The first-order chi connectivity index (χ1) is 16.2. The van der Waals surface area contributed by atoms with Gasteiger partial charge in [0.1, 0.15) is 23.6 Å². The molecular formula is C24H26ClFN4O4. The normalized spacial score (nSPS) is 15.7. The van der Waals surface area contributed by atoms with E-state index in [2.05, 4.69) is 20.2 Å². The van der Waals surface area contributed by atoms with E-state index in [0.29, 0.717) is 53.6 Å². The van der Waals surface area contributed by atoms with E-state index in [1.165, 1.54) is 18.5 Å². The van der Waals surface area contributed by atoms with Crippen molar-refractivity contribution in [1.29, 1.82) is 0 Å². The van der Waals surface area contributed by atoms with Crippen molar-refractivity contribution in [3.8, 4) is 11.5 Å². The van der Waals surface area contributed by atoms with Crippen molar-refractivity contribution in [2.45, 2.75) is 25.9 Å². The molecule has 0 aliphatic carbocycles. The van der Waals surface area contributed by atoms with Crippen molar-refractivity contribution in [2.75, 3.05) is 38.7 Å². The summed E-state index contributed by atoms with van der Waals surface area (Å²) < 4.78 is 30.3. The molecule has 0 amide bonds. The third kappa shape index (κ3) is 5.66. The zero-order chi connectivity index (χ0) is 24.3. The monoisotopic (exact) mass is 488 g/mol. The van der Waals surface area contributed by atoms with Gasteiger partial charge in [0.2, 0.25) is 0 Å². The molecule has 3 aromatic rings. The second-order valence-corrected chi connectivity index (χ2v) is 9.05. The van der Waals surface area contributed by atoms with Gasteiger partial charge in [-0.15, -0.1) is 0 Å². The number of ether oxygens (including phenoxy) is 3. The van der Waals surface area contributed by atoms with Crippen molar-refractivity contribution in [3.05, 3.63) is 47.5 Å². The Bertz CT molecular complexity index is 1210. The number of esters is 1. The molecule has 4 rings (SSSR count).